The Bertz CT molecular complexity index is 1530. The third kappa shape index (κ3) is 2.45. The van der Waals surface area contributed by atoms with E-state index in [-0.39, 0.29) is 0 Å². The molecule has 0 saturated heterocycles. The highest BCUT2D eigenvalue weighted by Crippen LogP contribution is 2.30. The Labute approximate surface area is 164 Å². The highest BCUT2D eigenvalue weighted by atomic mass is 15.3. The van der Waals surface area contributed by atoms with Gasteiger partial charge >= 0.3 is 0 Å². The summed E-state index contributed by atoms with van der Waals surface area (Å²) >= 11 is 0. The molecule has 138 valence electrons. The summed E-state index contributed by atoms with van der Waals surface area (Å²) in [7, 11) is 0. The highest BCUT2D eigenvalue weighted by Gasteiger charge is 2.14. The molecule has 4 aromatic heterocycles. The van der Waals surface area contributed by atoms with Crippen LogP contribution in [0.5, 0.6) is 0 Å². The molecule has 0 aliphatic carbocycles. The molecule has 3 N–H and O–H groups in total. The predicted octanol–water partition coefficient (Wildman–Crippen LogP) is 4.07. The number of rotatable bonds is 2. The first-order valence-electron chi connectivity index (χ1n) is 9.19. The molecule has 0 saturated carbocycles. The Balaban J connectivity index is 1.56. The van der Waals surface area contributed by atoms with Crippen molar-refractivity contribution < 1.29 is 0 Å². The zero-order valence-corrected chi connectivity index (χ0v) is 15.2. The maximum absolute atomic E-state index is 6.30. The molecule has 0 aliphatic rings. The lowest BCUT2D eigenvalue weighted by molar-refractivity contribution is 0.953. The normalized spacial score (nSPS) is 11.6. The molecule has 0 unspecified atom stereocenters. The first kappa shape index (κ1) is 15.8. The molecule has 0 amide bonds. The molecule has 0 fully saturated rings. The number of hydrogen-bond donors (Lipinski definition) is 2. The molecule has 29 heavy (non-hydrogen) atoms. The molecule has 0 bridgehead atoms. The summed E-state index contributed by atoms with van der Waals surface area (Å²) < 4.78 is 1.66. The van der Waals surface area contributed by atoms with Crippen LogP contribution in [0.25, 0.3) is 49.8 Å². The van der Waals surface area contributed by atoms with Gasteiger partial charge in [-0.15, -0.1) is 0 Å². The topological polar surface area (TPSA) is 97.8 Å². The lowest BCUT2D eigenvalue weighted by Crippen LogP contribution is -2.01. The molecule has 2 aromatic carbocycles. The van der Waals surface area contributed by atoms with E-state index >= 15 is 0 Å². The number of aromatic nitrogens is 6. The maximum atomic E-state index is 6.30. The van der Waals surface area contributed by atoms with Gasteiger partial charge in [0.05, 0.1) is 29.1 Å². The van der Waals surface area contributed by atoms with Gasteiger partial charge in [-0.05, 0) is 29.8 Å². The van der Waals surface area contributed by atoms with Crippen molar-refractivity contribution in [3.8, 4) is 22.4 Å². The highest BCUT2D eigenvalue weighted by molar-refractivity contribution is 5.89. The van der Waals surface area contributed by atoms with Crippen molar-refractivity contribution in [1.29, 1.82) is 0 Å². The fourth-order valence-corrected chi connectivity index (χ4v) is 3.66. The maximum Gasteiger partial charge on any atom is 0.165 e. The number of nitrogens with one attached hydrogen (secondary N) is 1. The van der Waals surface area contributed by atoms with Gasteiger partial charge in [0.2, 0.25) is 0 Å². The third-order valence-corrected chi connectivity index (χ3v) is 5.14. The number of fused-ring (bicyclic) bond motifs is 3. The van der Waals surface area contributed by atoms with Crippen molar-refractivity contribution in [2.45, 2.75) is 0 Å². The van der Waals surface area contributed by atoms with Gasteiger partial charge in [0.1, 0.15) is 5.82 Å². The Morgan fingerprint density at radius 3 is 2.72 bits per heavy atom. The molecule has 4 heterocycles. The molecule has 7 nitrogen and oxygen atoms in total. The van der Waals surface area contributed by atoms with Crippen molar-refractivity contribution in [3.63, 3.8) is 0 Å². The Morgan fingerprint density at radius 2 is 1.76 bits per heavy atom. The summed E-state index contributed by atoms with van der Waals surface area (Å²) in [5.74, 6) is 0.522. The largest absolute Gasteiger partial charge is 0.384 e. The minimum atomic E-state index is 0.522. The fraction of sp³-hybridized carbons (Fsp3) is 0. The van der Waals surface area contributed by atoms with E-state index in [0.717, 1.165) is 44.2 Å². The van der Waals surface area contributed by atoms with Gasteiger partial charge in [-0.25, -0.2) is 4.98 Å². The molecule has 0 aliphatic heterocycles. The summed E-state index contributed by atoms with van der Waals surface area (Å²) in [5.41, 5.74) is 12.5. The molecule has 6 rings (SSSR count). The number of benzene rings is 2. The lowest BCUT2D eigenvalue weighted by Gasteiger charge is -2.07. The van der Waals surface area contributed by atoms with Gasteiger partial charge in [-0.2, -0.15) is 14.7 Å². The Morgan fingerprint density at radius 1 is 0.862 bits per heavy atom. The average Bonchev–Trinajstić information content (AvgIpc) is 3.40. The summed E-state index contributed by atoms with van der Waals surface area (Å²) in [6.07, 6.45) is 5.43. The molecule has 0 spiro atoms. The van der Waals surface area contributed by atoms with E-state index in [0.29, 0.717) is 11.5 Å². The van der Waals surface area contributed by atoms with Crippen LogP contribution in [0, 0.1) is 0 Å². The van der Waals surface area contributed by atoms with Crippen LogP contribution < -0.4 is 5.73 Å². The van der Waals surface area contributed by atoms with Crippen molar-refractivity contribution in [2.24, 2.45) is 0 Å². The minimum absolute atomic E-state index is 0.522. The van der Waals surface area contributed by atoms with E-state index in [2.05, 4.69) is 32.4 Å². The number of nitrogens with zero attached hydrogens (tertiary/aromatic N) is 5. The number of para-hydroxylation sites is 1. The van der Waals surface area contributed by atoms with Crippen molar-refractivity contribution in [3.05, 3.63) is 73.2 Å². The van der Waals surface area contributed by atoms with Crippen molar-refractivity contribution in [1.82, 2.24) is 29.8 Å². The van der Waals surface area contributed by atoms with Gasteiger partial charge in [0, 0.05) is 34.2 Å². The molecular formula is C22H15N7. The van der Waals surface area contributed by atoms with Crippen LogP contribution in [0.15, 0.2) is 73.2 Å². The number of hydrogen-bond acceptors (Lipinski definition) is 5. The fourth-order valence-electron chi connectivity index (χ4n) is 3.66. The Kier molecular flexibility index (Phi) is 3.19. The van der Waals surface area contributed by atoms with Crippen LogP contribution in [0.3, 0.4) is 0 Å². The minimum Gasteiger partial charge on any atom is -0.384 e. The molecule has 0 atom stereocenters. The van der Waals surface area contributed by atoms with Crippen molar-refractivity contribution in [2.75, 3.05) is 5.73 Å². The van der Waals surface area contributed by atoms with Crippen LogP contribution in [0.1, 0.15) is 0 Å². The summed E-state index contributed by atoms with van der Waals surface area (Å²) in [6.45, 7) is 0. The summed E-state index contributed by atoms with van der Waals surface area (Å²) in [4.78, 5) is 9.42. The van der Waals surface area contributed by atoms with Gasteiger partial charge < -0.3 is 5.73 Å². The second-order valence-electron chi connectivity index (χ2n) is 6.95. The van der Waals surface area contributed by atoms with E-state index in [9.17, 15) is 0 Å². The summed E-state index contributed by atoms with van der Waals surface area (Å²) in [6, 6.07) is 18.0. The molecule has 6 aromatic rings. The number of aromatic amines is 1. The van der Waals surface area contributed by atoms with Crippen LogP contribution in [-0.2, 0) is 0 Å². The number of H-pyrrole nitrogens is 1. The first-order valence-corrected chi connectivity index (χ1v) is 9.19. The van der Waals surface area contributed by atoms with E-state index in [1.807, 2.05) is 48.7 Å². The molecular weight excluding hydrogens is 362 g/mol. The van der Waals surface area contributed by atoms with Crippen molar-refractivity contribution >= 4 is 33.3 Å². The van der Waals surface area contributed by atoms with Gasteiger partial charge in [-0.3, -0.25) is 10.1 Å². The second kappa shape index (κ2) is 5.87. The first-order chi connectivity index (χ1) is 14.3. The zero-order chi connectivity index (χ0) is 19.4. The second-order valence-corrected chi connectivity index (χ2v) is 6.95. The zero-order valence-electron chi connectivity index (χ0n) is 15.2. The molecule has 7 heteroatoms. The lowest BCUT2D eigenvalue weighted by atomic mass is 10.1. The number of anilines is 1. The monoisotopic (exact) mass is 377 g/mol. The predicted molar refractivity (Wildman–Crippen MR) is 113 cm³/mol. The van der Waals surface area contributed by atoms with E-state index < -0.39 is 0 Å². The Hall–Kier alpha value is -4.26. The van der Waals surface area contributed by atoms with Gasteiger partial charge in [0.25, 0.3) is 0 Å². The van der Waals surface area contributed by atoms with E-state index in [1.165, 1.54) is 0 Å². The quantitative estimate of drug-likeness (QED) is 0.474. The van der Waals surface area contributed by atoms with E-state index in [1.54, 1.807) is 16.9 Å². The summed E-state index contributed by atoms with van der Waals surface area (Å²) in [5, 5.41) is 13.6. The molecule has 0 radical (unpaired) electrons. The third-order valence-electron chi connectivity index (χ3n) is 5.14. The SMILES string of the molecule is Nc1cc(-c2cnc3ccccc3c2)nc2c(-c3ccc4[nH]ncc4c3)cnn12. The number of nitrogen functional groups attached to an aromatic ring is 1. The van der Waals surface area contributed by atoms with E-state index in [4.69, 9.17) is 10.7 Å². The number of pyridine rings is 1. The van der Waals surface area contributed by atoms with Crippen LogP contribution in [0.4, 0.5) is 5.82 Å². The van der Waals surface area contributed by atoms with Gasteiger partial charge in [-0.1, -0.05) is 24.3 Å². The van der Waals surface area contributed by atoms with Crippen LogP contribution in [-0.4, -0.2) is 29.8 Å². The van der Waals surface area contributed by atoms with Crippen LogP contribution in [0.2, 0.25) is 0 Å². The van der Waals surface area contributed by atoms with Crippen LogP contribution >= 0.6 is 0 Å². The standard InChI is InChI=1S/C22H15N7/c23-21-9-20(15-8-14-3-1-2-4-18(14)24-10-15)27-22-17(12-26-29(21)22)13-5-6-19-16(7-13)11-25-28-19/h1-12H,23H2,(H,25,28). The number of nitrogens with two attached hydrogens (primary N) is 1. The average molecular weight is 377 g/mol. The van der Waals surface area contributed by atoms with Gasteiger partial charge in [0.15, 0.2) is 5.65 Å². The smallest absolute Gasteiger partial charge is 0.165 e.